The lowest BCUT2D eigenvalue weighted by molar-refractivity contribution is 0.0710. The molecule has 1 N–H and O–H groups in total. The fourth-order valence-electron chi connectivity index (χ4n) is 3.39. The number of aromatic nitrogens is 2. The molecule has 3 heterocycles. The molecule has 0 radical (unpaired) electrons. The van der Waals surface area contributed by atoms with Crippen LogP contribution in [0.3, 0.4) is 0 Å². The summed E-state index contributed by atoms with van der Waals surface area (Å²) >= 11 is 1.62. The summed E-state index contributed by atoms with van der Waals surface area (Å²) in [5.74, 6) is 1.47. The average Bonchev–Trinajstić information content (AvgIpc) is 3.28. The third-order valence-electron chi connectivity index (χ3n) is 4.72. The third-order valence-corrected chi connectivity index (χ3v) is 5.94. The Kier molecular flexibility index (Phi) is 4.10. The number of rotatable bonds is 3. The first kappa shape index (κ1) is 15.4. The maximum atomic E-state index is 12.8. The molecule has 0 saturated carbocycles. The van der Waals surface area contributed by atoms with Crippen molar-refractivity contribution in [2.75, 3.05) is 13.1 Å². The van der Waals surface area contributed by atoms with E-state index in [0.717, 1.165) is 54.1 Å². The molecule has 0 spiro atoms. The number of para-hydroxylation sites is 2. The quantitative estimate of drug-likeness (QED) is 0.777. The largest absolute Gasteiger partial charge is 0.342 e. The number of carbonyl (C=O) groups is 1. The number of imidazole rings is 1. The van der Waals surface area contributed by atoms with Crippen molar-refractivity contribution in [3.05, 3.63) is 52.0 Å². The van der Waals surface area contributed by atoms with Crippen LogP contribution in [0.5, 0.6) is 0 Å². The van der Waals surface area contributed by atoms with E-state index in [2.05, 4.69) is 24.0 Å². The zero-order valence-corrected chi connectivity index (χ0v) is 14.6. The lowest BCUT2D eigenvalue weighted by Crippen LogP contribution is -2.39. The topological polar surface area (TPSA) is 49.0 Å². The fourth-order valence-corrected chi connectivity index (χ4v) is 4.30. The lowest BCUT2D eigenvalue weighted by Gasteiger charge is -2.31. The van der Waals surface area contributed by atoms with Gasteiger partial charge >= 0.3 is 0 Å². The van der Waals surface area contributed by atoms with Crippen LogP contribution in [-0.4, -0.2) is 33.9 Å². The lowest BCUT2D eigenvalue weighted by atomic mass is 9.97. The molecule has 1 fully saturated rings. The normalized spacial score (nSPS) is 18.2. The smallest absolute Gasteiger partial charge is 0.263 e. The number of carbonyl (C=O) groups excluding carboxylic acids is 1. The molecule has 1 saturated heterocycles. The van der Waals surface area contributed by atoms with Crippen LogP contribution in [0.2, 0.25) is 0 Å². The molecule has 1 amide bonds. The number of hydrogen-bond acceptors (Lipinski definition) is 3. The first-order chi connectivity index (χ1) is 11.7. The van der Waals surface area contributed by atoms with Crippen molar-refractivity contribution in [3.63, 3.8) is 0 Å². The number of likely N-dealkylation sites (tertiary alicyclic amines) is 1. The molecule has 1 unspecified atom stereocenters. The first-order valence-electron chi connectivity index (χ1n) is 8.57. The molecule has 1 aliphatic rings. The van der Waals surface area contributed by atoms with Gasteiger partial charge in [0.2, 0.25) is 0 Å². The number of fused-ring (bicyclic) bond motifs is 1. The molecule has 24 heavy (non-hydrogen) atoms. The molecule has 4 nitrogen and oxygen atoms in total. The minimum absolute atomic E-state index is 0.167. The Morgan fingerprint density at radius 2 is 2.21 bits per heavy atom. The van der Waals surface area contributed by atoms with E-state index in [-0.39, 0.29) is 5.91 Å². The number of hydrogen-bond donors (Lipinski definition) is 1. The SMILES string of the molecule is CCc1ccc(C(=O)N2CCCC(c3nc4ccccc4[nH]3)C2)s1. The van der Waals surface area contributed by atoms with Crippen molar-refractivity contribution < 1.29 is 4.79 Å². The number of amides is 1. The molecule has 124 valence electrons. The summed E-state index contributed by atoms with van der Waals surface area (Å²) in [5, 5.41) is 0. The maximum Gasteiger partial charge on any atom is 0.263 e. The highest BCUT2D eigenvalue weighted by Gasteiger charge is 2.28. The molecule has 2 aromatic heterocycles. The maximum absolute atomic E-state index is 12.8. The Morgan fingerprint density at radius 3 is 3.00 bits per heavy atom. The fraction of sp³-hybridized carbons (Fsp3) is 0.368. The van der Waals surface area contributed by atoms with Crippen LogP contribution in [0.1, 0.15) is 46.1 Å². The van der Waals surface area contributed by atoms with Gasteiger partial charge in [-0.1, -0.05) is 19.1 Å². The molecule has 3 aromatic rings. The minimum Gasteiger partial charge on any atom is -0.342 e. The third kappa shape index (κ3) is 2.84. The molecular weight excluding hydrogens is 318 g/mol. The van der Waals surface area contributed by atoms with Gasteiger partial charge in [0.05, 0.1) is 15.9 Å². The van der Waals surface area contributed by atoms with E-state index in [1.54, 1.807) is 11.3 Å². The van der Waals surface area contributed by atoms with Crippen LogP contribution in [0.25, 0.3) is 11.0 Å². The summed E-state index contributed by atoms with van der Waals surface area (Å²) in [5.41, 5.74) is 2.07. The molecule has 0 aliphatic carbocycles. The predicted molar refractivity (Wildman–Crippen MR) is 97.7 cm³/mol. The Bertz CT molecular complexity index is 833. The zero-order valence-electron chi connectivity index (χ0n) is 13.8. The summed E-state index contributed by atoms with van der Waals surface area (Å²) in [4.78, 5) is 25.1. The molecule has 4 rings (SSSR count). The van der Waals surface area contributed by atoms with Gasteiger partial charge < -0.3 is 9.88 Å². The Morgan fingerprint density at radius 1 is 1.33 bits per heavy atom. The van der Waals surface area contributed by atoms with Gasteiger partial charge in [0.25, 0.3) is 5.91 Å². The van der Waals surface area contributed by atoms with Gasteiger partial charge in [-0.25, -0.2) is 4.98 Å². The number of aromatic amines is 1. The minimum atomic E-state index is 0.167. The van der Waals surface area contributed by atoms with Gasteiger partial charge in [-0.05, 0) is 43.5 Å². The monoisotopic (exact) mass is 339 g/mol. The van der Waals surface area contributed by atoms with Gasteiger partial charge in [-0.3, -0.25) is 4.79 Å². The number of aryl methyl sites for hydroxylation is 1. The van der Waals surface area contributed by atoms with Crippen molar-refractivity contribution in [1.29, 1.82) is 0 Å². The highest BCUT2D eigenvalue weighted by molar-refractivity contribution is 7.14. The summed E-state index contributed by atoms with van der Waals surface area (Å²) < 4.78 is 0. The van der Waals surface area contributed by atoms with Gasteiger partial charge in [0.15, 0.2) is 0 Å². The number of nitrogens with one attached hydrogen (secondary N) is 1. The van der Waals surface area contributed by atoms with Crippen LogP contribution in [0.4, 0.5) is 0 Å². The highest BCUT2D eigenvalue weighted by atomic mass is 32.1. The molecule has 1 aromatic carbocycles. The second-order valence-corrected chi connectivity index (χ2v) is 7.52. The molecule has 5 heteroatoms. The Hall–Kier alpha value is -2.14. The second-order valence-electron chi connectivity index (χ2n) is 6.35. The van der Waals surface area contributed by atoms with Crippen molar-refractivity contribution in [1.82, 2.24) is 14.9 Å². The van der Waals surface area contributed by atoms with Crippen molar-refractivity contribution >= 4 is 28.3 Å². The van der Waals surface area contributed by atoms with Crippen LogP contribution in [-0.2, 0) is 6.42 Å². The summed E-state index contributed by atoms with van der Waals surface area (Å²) in [6.07, 6.45) is 3.09. The van der Waals surface area contributed by atoms with E-state index in [1.165, 1.54) is 4.88 Å². The van der Waals surface area contributed by atoms with Crippen LogP contribution in [0.15, 0.2) is 36.4 Å². The molecule has 0 bridgehead atoms. The van der Waals surface area contributed by atoms with E-state index in [9.17, 15) is 4.79 Å². The zero-order chi connectivity index (χ0) is 16.5. The van der Waals surface area contributed by atoms with Crippen LogP contribution < -0.4 is 0 Å². The Balaban J connectivity index is 1.53. The summed E-state index contributed by atoms with van der Waals surface area (Å²) in [7, 11) is 0. The van der Waals surface area contributed by atoms with Crippen LogP contribution in [0, 0.1) is 0 Å². The van der Waals surface area contributed by atoms with E-state index < -0.39 is 0 Å². The first-order valence-corrected chi connectivity index (χ1v) is 9.39. The number of nitrogens with zero attached hydrogens (tertiary/aromatic N) is 2. The van der Waals surface area contributed by atoms with Crippen molar-refractivity contribution in [2.45, 2.75) is 32.1 Å². The molecule has 1 aliphatic heterocycles. The van der Waals surface area contributed by atoms with Crippen LogP contribution >= 0.6 is 11.3 Å². The average molecular weight is 339 g/mol. The van der Waals surface area contributed by atoms with E-state index >= 15 is 0 Å². The number of piperidine rings is 1. The predicted octanol–water partition coefficient (Wildman–Crippen LogP) is 4.21. The number of thiophene rings is 1. The van der Waals surface area contributed by atoms with Crippen molar-refractivity contribution in [2.24, 2.45) is 0 Å². The van der Waals surface area contributed by atoms with E-state index in [0.29, 0.717) is 5.92 Å². The van der Waals surface area contributed by atoms with Gasteiger partial charge in [-0.15, -0.1) is 11.3 Å². The molecular formula is C19H21N3OS. The summed E-state index contributed by atoms with van der Waals surface area (Å²) in [6, 6.07) is 12.1. The summed E-state index contributed by atoms with van der Waals surface area (Å²) in [6.45, 7) is 3.71. The Labute approximate surface area is 145 Å². The number of benzene rings is 1. The van der Waals surface area contributed by atoms with Crippen molar-refractivity contribution in [3.8, 4) is 0 Å². The van der Waals surface area contributed by atoms with E-state index in [4.69, 9.17) is 4.98 Å². The van der Waals surface area contributed by atoms with E-state index in [1.807, 2.05) is 29.2 Å². The highest BCUT2D eigenvalue weighted by Crippen LogP contribution is 2.28. The number of H-pyrrole nitrogens is 1. The van der Waals surface area contributed by atoms with Gasteiger partial charge in [0.1, 0.15) is 5.82 Å². The molecule has 1 atom stereocenters. The standard InChI is InChI=1S/C19H21N3OS/c1-2-14-9-10-17(24-14)19(23)22-11-5-6-13(12-22)18-20-15-7-3-4-8-16(15)21-18/h3-4,7-10,13H,2,5-6,11-12H2,1H3,(H,20,21). The van der Waals surface area contributed by atoms with Gasteiger partial charge in [0, 0.05) is 23.9 Å². The van der Waals surface area contributed by atoms with Gasteiger partial charge in [-0.2, -0.15) is 0 Å². The second kappa shape index (κ2) is 6.40.